The highest BCUT2D eigenvalue weighted by molar-refractivity contribution is 5.87. The number of hydrogen-bond donors (Lipinski definition) is 0. The van der Waals surface area contributed by atoms with Gasteiger partial charge >= 0.3 is 101 Å². The maximum Gasteiger partial charge on any atom is 0.473 e. The monoisotopic (exact) mass is 866 g/mol. The first kappa shape index (κ1) is 48.1. The van der Waals surface area contributed by atoms with Gasteiger partial charge in [0.25, 0.3) is 0 Å². The minimum Gasteiger partial charge on any atom is -0.393 e. The van der Waals surface area contributed by atoms with Gasteiger partial charge in [-0.25, -0.2) is 9.18 Å². The molecule has 33 heteroatoms. The summed E-state index contributed by atoms with van der Waals surface area (Å²) in [4.78, 5) is 11.0. The van der Waals surface area contributed by atoms with Gasteiger partial charge in [-0.2, -0.15) is 132 Å². The van der Waals surface area contributed by atoms with Crippen LogP contribution in [0.2, 0.25) is 0 Å². The van der Waals surface area contributed by atoms with Crippen molar-refractivity contribution in [3.05, 3.63) is 12.2 Å². The maximum absolute atomic E-state index is 15.3. The van der Waals surface area contributed by atoms with Crippen molar-refractivity contribution in [3.8, 4) is 0 Å². The second-order valence-electron chi connectivity index (χ2n) is 10.4. The normalized spacial score (nSPS) is 27.2. The minimum atomic E-state index is -11.2. The van der Waals surface area contributed by atoms with Crippen LogP contribution < -0.4 is 0 Å². The van der Waals surface area contributed by atoms with Gasteiger partial charge in [-0.1, -0.05) is 6.58 Å². The molecule has 1 fully saturated rings. The zero-order valence-corrected chi connectivity index (χ0v) is 23.2. The average molecular weight is 866 g/mol. The molecule has 0 atom stereocenters. The summed E-state index contributed by atoms with van der Waals surface area (Å²) in [6.45, 7) is 2.24. The van der Waals surface area contributed by atoms with Gasteiger partial charge in [0, 0.05) is 5.57 Å². The Balaban J connectivity index is 4.85. The number of rotatable bonds is 7. The second kappa shape index (κ2) is 11.3. The Morgan fingerprint density at radius 3 is 0.811 bits per heavy atom. The number of ether oxygens (including phenoxy) is 1. The highest BCUT2D eigenvalue weighted by Crippen LogP contribution is 2.75. The van der Waals surface area contributed by atoms with Crippen LogP contribution in [0.3, 0.4) is 0 Å². The zero-order valence-electron chi connectivity index (χ0n) is 23.2. The third-order valence-corrected chi connectivity index (χ3v) is 6.96. The molecule has 1 aliphatic carbocycles. The van der Waals surface area contributed by atoms with Crippen molar-refractivity contribution >= 4 is 5.97 Å². The van der Waals surface area contributed by atoms with Crippen molar-refractivity contribution < 1.29 is 146 Å². The molecule has 0 aliphatic heterocycles. The average Bonchev–Trinajstić information content (AvgIpc) is 2.94. The fourth-order valence-corrected chi connectivity index (χ4v) is 3.66. The molecule has 0 N–H and O–H groups in total. The van der Waals surface area contributed by atoms with E-state index in [0.29, 0.717) is 0 Å². The fraction of sp³-hybridized carbons (Fsp3) is 0.850. The number of carbonyl (C=O) groups excluding carboxylic acids is 1. The quantitative estimate of drug-likeness (QED) is 0.145. The van der Waals surface area contributed by atoms with E-state index in [1.54, 1.807) is 0 Å². The summed E-state index contributed by atoms with van der Waals surface area (Å²) in [5, 5.41) is 0. The maximum atomic E-state index is 15.3. The van der Waals surface area contributed by atoms with Gasteiger partial charge in [0.05, 0.1) is 0 Å². The topological polar surface area (TPSA) is 26.3 Å². The number of alkyl halides is 31. The smallest absolute Gasteiger partial charge is 0.393 e. The Bertz CT molecular complexity index is 1410. The van der Waals surface area contributed by atoms with Gasteiger partial charge in [-0.05, 0) is 6.92 Å². The van der Waals surface area contributed by atoms with E-state index in [0.717, 1.165) is 0 Å². The molecule has 0 heterocycles. The Hall–Kier alpha value is -2.96. The van der Waals surface area contributed by atoms with Crippen LogP contribution in [-0.2, 0) is 9.53 Å². The van der Waals surface area contributed by atoms with Gasteiger partial charge in [0.1, 0.15) is 0 Å². The standard InChI is InChI=1S/C20H5F31O2/c1-3(2)4(52)53-20(50,51)19(48,49)18(46,47)11(32,33)8(26,27)5(21)6(22,23)9(28,29)12(34,35)14(38,39)16(42,43)17(44,45)15(40,41)13(36,37)10(30,31)7(5,24)25/h1H2,2H3. The summed E-state index contributed by atoms with van der Waals surface area (Å²) < 4.78 is 440. The van der Waals surface area contributed by atoms with Gasteiger partial charge in [0.2, 0.25) is 0 Å². The summed E-state index contributed by atoms with van der Waals surface area (Å²) in [5.74, 6) is -146. The number of halogens is 31. The SMILES string of the molecule is C=C(C)C(=O)OC(F)(F)C(F)(F)C(F)(F)C(F)(F)C(F)(F)C1(F)C(F)(F)C(F)(F)C(F)(F)C(F)(F)C(F)(F)C(F)(F)C(F)(F)C(F)(F)C(F)(F)C1(F)F. The molecule has 1 rings (SSSR count). The molecule has 0 saturated heterocycles. The van der Waals surface area contributed by atoms with Crippen molar-refractivity contribution in [2.75, 3.05) is 0 Å². The van der Waals surface area contributed by atoms with E-state index in [1.165, 1.54) is 0 Å². The van der Waals surface area contributed by atoms with Gasteiger partial charge < -0.3 is 4.74 Å². The third kappa shape index (κ3) is 4.82. The molecule has 53 heavy (non-hydrogen) atoms. The van der Waals surface area contributed by atoms with Crippen LogP contribution >= 0.6 is 0 Å². The summed E-state index contributed by atoms with van der Waals surface area (Å²) >= 11 is 0. The molecule has 0 aromatic heterocycles. The predicted octanol–water partition coefficient (Wildman–Crippen LogP) is 10.3. The molecule has 0 aromatic rings. The van der Waals surface area contributed by atoms with Crippen LogP contribution in [0.15, 0.2) is 12.2 Å². The van der Waals surface area contributed by atoms with Crippen LogP contribution in [0.5, 0.6) is 0 Å². The van der Waals surface area contributed by atoms with Crippen LogP contribution in [-0.4, -0.2) is 101 Å². The van der Waals surface area contributed by atoms with E-state index in [2.05, 4.69) is 11.3 Å². The van der Waals surface area contributed by atoms with E-state index in [4.69, 9.17) is 0 Å². The molecule has 0 bridgehead atoms. The lowest BCUT2D eigenvalue weighted by molar-refractivity contribution is -0.497. The minimum absolute atomic E-state index is 0.0286. The fourth-order valence-electron chi connectivity index (χ4n) is 3.66. The Kier molecular flexibility index (Phi) is 10.3. The van der Waals surface area contributed by atoms with Gasteiger partial charge in [-0.15, -0.1) is 0 Å². The first-order chi connectivity index (χ1) is 22.3. The molecule has 1 aliphatic rings. The van der Waals surface area contributed by atoms with Crippen LogP contribution in [0.25, 0.3) is 0 Å². The molecule has 1 saturated carbocycles. The molecular formula is C20H5F31O2. The number of esters is 1. The van der Waals surface area contributed by atoms with Crippen molar-refractivity contribution in [1.82, 2.24) is 0 Å². The Labute approximate surface area is 266 Å². The van der Waals surface area contributed by atoms with Crippen LogP contribution in [0.4, 0.5) is 136 Å². The third-order valence-electron chi connectivity index (χ3n) is 6.96. The number of hydrogen-bond acceptors (Lipinski definition) is 2. The van der Waals surface area contributed by atoms with E-state index >= 15 is 4.39 Å². The molecule has 314 valence electrons. The summed E-state index contributed by atoms with van der Waals surface area (Å²) in [6.07, 6.45) is -8.05. The molecular weight excluding hydrogens is 861 g/mol. The molecule has 0 aromatic carbocycles. The summed E-state index contributed by atoms with van der Waals surface area (Å²) in [7, 11) is 0. The van der Waals surface area contributed by atoms with Crippen LogP contribution in [0, 0.1) is 0 Å². The lowest BCUT2D eigenvalue weighted by Crippen LogP contribution is -2.85. The zero-order chi connectivity index (χ0) is 43.9. The highest BCUT2D eigenvalue weighted by atomic mass is 19.4. The Morgan fingerprint density at radius 2 is 0.604 bits per heavy atom. The molecule has 0 radical (unpaired) electrons. The summed E-state index contributed by atoms with van der Waals surface area (Å²) in [6, 6.07) is 0. The van der Waals surface area contributed by atoms with Crippen molar-refractivity contribution in [2.45, 2.75) is 102 Å². The first-order valence-electron chi connectivity index (χ1n) is 11.6. The molecule has 2 nitrogen and oxygen atoms in total. The second-order valence-corrected chi connectivity index (χ2v) is 10.4. The van der Waals surface area contributed by atoms with E-state index in [1.807, 2.05) is 0 Å². The first-order valence-corrected chi connectivity index (χ1v) is 11.6. The van der Waals surface area contributed by atoms with Crippen molar-refractivity contribution in [3.63, 3.8) is 0 Å². The Morgan fingerprint density at radius 1 is 0.396 bits per heavy atom. The summed E-state index contributed by atoms with van der Waals surface area (Å²) in [5.41, 5.74) is -12.9. The van der Waals surface area contributed by atoms with Crippen molar-refractivity contribution in [1.29, 1.82) is 0 Å². The lowest BCUT2D eigenvalue weighted by atomic mass is 9.72. The van der Waals surface area contributed by atoms with Crippen molar-refractivity contribution in [2.24, 2.45) is 0 Å². The highest BCUT2D eigenvalue weighted by Gasteiger charge is 3.08. The lowest BCUT2D eigenvalue weighted by Gasteiger charge is -2.51. The van der Waals surface area contributed by atoms with E-state index in [9.17, 15) is 137 Å². The van der Waals surface area contributed by atoms with E-state index < -0.39 is 106 Å². The predicted molar refractivity (Wildman–Crippen MR) is 99.0 cm³/mol. The molecule has 0 unspecified atom stereocenters. The molecule has 0 spiro atoms. The van der Waals surface area contributed by atoms with E-state index in [-0.39, 0.29) is 6.92 Å². The van der Waals surface area contributed by atoms with Crippen LogP contribution in [0.1, 0.15) is 6.92 Å². The molecule has 0 amide bonds. The largest absolute Gasteiger partial charge is 0.473 e. The van der Waals surface area contributed by atoms with Gasteiger partial charge in [0.15, 0.2) is 0 Å². The number of carbonyl (C=O) groups is 1. The van der Waals surface area contributed by atoms with Gasteiger partial charge in [-0.3, -0.25) is 0 Å².